The van der Waals surface area contributed by atoms with Gasteiger partial charge in [-0.05, 0) is 44.9 Å². The second-order valence-corrected chi connectivity index (χ2v) is 7.06. The summed E-state index contributed by atoms with van der Waals surface area (Å²) in [6.45, 7) is 6.67. The predicted molar refractivity (Wildman–Crippen MR) is 111 cm³/mol. The monoisotopic (exact) mass is 382 g/mol. The molecule has 1 atom stereocenters. The molecule has 2 aromatic rings. The summed E-state index contributed by atoms with van der Waals surface area (Å²) in [5.74, 6) is 0.578. The van der Waals surface area contributed by atoms with Crippen molar-refractivity contribution in [1.29, 1.82) is 0 Å². The zero-order valence-corrected chi connectivity index (χ0v) is 17.2. The Morgan fingerprint density at radius 3 is 2.14 bits per heavy atom. The van der Waals surface area contributed by atoms with E-state index in [9.17, 15) is 9.59 Å². The number of hydrogen-bond donors (Lipinski definition) is 1. The van der Waals surface area contributed by atoms with Crippen LogP contribution >= 0.6 is 0 Å². The molecule has 150 valence electrons. The quantitative estimate of drug-likeness (QED) is 0.674. The van der Waals surface area contributed by atoms with E-state index in [1.54, 1.807) is 18.9 Å². The summed E-state index contributed by atoms with van der Waals surface area (Å²) in [5.41, 5.74) is 3.34. The van der Waals surface area contributed by atoms with Crippen LogP contribution in [0.5, 0.6) is 5.75 Å². The van der Waals surface area contributed by atoms with Gasteiger partial charge in [-0.3, -0.25) is 9.59 Å². The van der Waals surface area contributed by atoms with Crippen LogP contribution in [0.15, 0.2) is 48.5 Å². The van der Waals surface area contributed by atoms with Crippen molar-refractivity contribution in [2.45, 2.75) is 46.2 Å². The molecule has 0 spiro atoms. The standard InChI is InChI=1S/C23H30N2O3/c1-17-7-11-20(12-8-17)16-25(19(3)23(27)24-4)22(26)6-5-15-28-21-13-9-18(2)10-14-21/h7-14,19H,5-6,15-16H2,1-4H3,(H,24,27)/t19-/m0/s1. The lowest BCUT2D eigenvalue weighted by molar-refractivity contribution is -0.140. The Bertz CT molecular complexity index is 769. The highest BCUT2D eigenvalue weighted by Crippen LogP contribution is 2.14. The van der Waals surface area contributed by atoms with Crippen molar-refractivity contribution in [3.63, 3.8) is 0 Å². The molecule has 0 aliphatic rings. The highest BCUT2D eigenvalue weighted by atomic mass is 16.5. The fraction of sp³-hybridized carbons (Fsp3) is 0.391. The van der Waals surface area contributed by atoms with E-state index < -0.39 is 6.04 Å². The van der Waals surface area contributed by atoms with Gasteiger partial charge in [-0.25, -0.2) is 0 Å². The summed E-state index contributed by atoms with van der Waals surface area (Å²) in [6.07, 6.45) is 0.927. The van der Waals surface area contributed by atoms with Crippen LogP contribution in [0.4, 0.5) is 0 Å². The van der Waals surface area contributed by atoms with Crippen LogP contribution in [0.3, 0.4) is 0 Å². The average Bonchev–Trinajstić information content (AvgIpc) is 2.70. The van der Waals surface area contributed by atoms with Gasteiger partial charge in [0.2, 0.25) is 11.8 Å². The van der Waals surface area contributed by atoms with Crippen LogP contribution in [-0.4, -0.2) is 36.4 Å². The van der Waals surface area contributed by atoms with Crippen molar-refractivity contribution in [2.24, 2.45) is 0 Å². The number of likely N-dealkylation sites (N-methyl/N-ethyl adjacent to an activating group) is 1. The molecule has 0 saturated carbocycles. The molecule has 0 bridgehead atoms. The maximum absolute atomic E-state index is 12.8. The highest BCUT2D eigenvalue weighted by molar-refractivity contribution is 5.87. The van der Waals surface area contributed by atoms with E-state index in [1.165, 1.54) is 5.56 Å². The molecule has 0 aliphatic heterocycles. The number of hydrogen-bond acceptors (Lipinski definition) is 3. The molecule has 0 aliphatic carbocycles. The smallest absolute Gasteiger partial charge is 0.242 e. The zero-order chi connectivity index (χ0) is 20.5. The lowest BCUT2D eigenvalue weighted by Crippen LogP contribution is -2.46. The number of carbonyl (C=O) groups is 2. The normalized spacial score (nSPS) is 11.6. The Kier molecular flexibility index (Phi) is 8.05. The molecular formula is C23H30N2O3. The Labute approximate surface area is 167 Å². The van der Waals surface area contributed by atoms with Crippen LogP contribution < -0.4 is 10.1 Å². The molecule has 0 fully saturated rings. The van der Waals surface area contributed by atoms with Gasteiger partial charge < -0.3 is 15.0 Å². The molecule has 0 aromatic heterocycles. The fourth-order valence-corrected chi connectivity index (χ4v) is 2.87. The fourth-order valence-electron chi connectivity index (χ4n) is 2.87. The van der Waals surface area contributed by atoms with Crippen molar-refractivity contribution in [2.75, 3.05) is 13.7 Å². The average molecular weight is 383 g/mol. The molecule has 0 radical (unpaired) electrons. The largest absolute Gasteiger partial charge is 0.494 e. The summed E-state index contributed by atoms with van der Waals surface area (Å²) in [7, 11) is 1.59. The summed E-state index contributed by atoms with van der Waals surface area (Å²) in [6, 6.07) is 15.3. The minimum atomic E-state index is -0.531. The third-order valence-electron chi connectivity index (χ3n) is 4.71. The van der Waals surface area contributed by atoms with Crippen molar-refractivity contribution in [3.8, 4) is 5.75 Å². The third-order valence-corrected chi connectivity index (χ3v) is 4.71. The van der Waals surface area contributed by atoms with E-state index in [0.717, 1.165) is 16.9 Å². The van der Waals surface area contributed by atoms with Gasteiger partial charge in [0.05, 0.1) is 6.61 Å². The van der Waals surface area contributed by atoms with Crippen LogP contribution in [0, 0.1) is 13.8 Å². The lowest BCUT2D eigenvalue weighted by Gasteiger charge is -2.28. The molecule has 5 nitrogen and oxygen atoms in total. The van der Waals surface area contributed by atoms with Gasteiger partial charge in [0.25, 0.3) is 0 Å². The van der Waals surface area contributed by atoms with Crippen LogP contribution in [-0.2, 0) is 16.1 Å². The van der Waals surface area contributed by atoms with Gasteiger partial charge in [0, 0.05) is 20.0 Å². The molecule has 0 saturated heterocycles. The van der Waals surface area contributed by atoms with Crippen LogP contribution in [0.25, 0.3) is 0 Å². The number of rotatable bonds is 9. The number of amides is 2. The zero-order valence-electron chi connectivity index (χ0n) is 17.2. The van der Waals surface area contributed by atoms with Crippen LogP contribution in [0.2, 0.25) is 0 Å². The molecule has 28 heavy (non-hydrogen) atoms. The second-order valence-electron chi connectivity index (χ2n) is 7.06. The number of benzene rings is 2. The number of nitrogens with zero attached hydrogens (tertiary/aromatic N) is 1. The summed E-state index contributed by atoms with van der Waals surface area (Å²) >= 11 is 0. The Morgan fingerprint density at radius 2 is 1.57 bits per heavy atom. The maximum Gasteiger partial charge on any atom is 0.242 e. The van der Waals surface area contributed by atoms with Gasteiger partial charge in [-0.1, -0.05) is 47.5 Å². The summed E-state index contributed by atoms with van der Waals surface area (Å²) < 4.78 is 5.70. The van der Waals surface area contributed by atoms with E-state index >= 15 is 0 Å². The molecule has 1 N–H and O–H groups in total. The predicted octanol–water partition coefficient (Wildman–Crippen LogP) is 3.63. The first-order chi connectivity index (χ1) is 13.4. The number of nitrogens with one attached hydrogen (secondary N) is 1. The SMILES string of the molecule is CNC(=O)[C@H](C)N(Cc1ccc(C)cc1)C(=O)CCCOc1ccc(C)cc1. The minimum absolute atomic E-state index is 0.0517. The molecule has 2 aromatic carbocycles. The van der Waals surface area contributed by atoms with Gasteiger partial charge in [-0.15, -0.1) is 0 Å². The van der Waals surface area contributed by atoms with Gasteiger partial charge in [0.1, 0.15) is 11.8 Å². The molecule has 2 amide bonds. The van der Waals surface area contributed by atoms with Crippen molar-refractivity contribution < 1.29 is 14.3 Å². The Hall–Kier alpha value is -2.82. The van der Waals surface area contributed by atoms with Crippen molar-refractivity contribution in [1.82, 2.24) is 10.2 Å². The summed E-state index contributed by atoms with van der Waals surface area (Å²) in [5, 5.41) is 2.63. The third kappa shape index (κ3) is 6.41. The van der Waals surface area contributed by atoms with E-state index in [0.29, 0.717) is 26.0 Å². The molecule has 2 rings (SSSR count). The van der Waals surface area contributed by atoms with Crippen molar-refractivity contribution >= 4 is 11.8 Å². The van der Waals surface area contributed by atoms with E-state index in [2.05, 4.69) is 5.32 Å². The number of aryl methyl sites for hydroxylation is 2. The van der Waals surface area contributed by atoms with Gasteiger partial charge in [-0.2, -0.15) is 0 Å². The highest BCUT2D eigenvalue weighted by Gasteiger charge is 2.25. The molecular weight excluding hydrogens is 352 g/mol. The van der Waals surface area contributed by atoms with Crippen molar-refractivity contribution in [3.05, 3.63) is 65.2 Å². The molecule has 0 heterocycles. The maximum atomic E-state index is 12.8. The van der Waals surface area contributed by atoms with Gasteiger partial charge >= 0.3 is 0 Å². The Morgan fingerprint density at radius 1 is 1.00 bits per heavy atom. The van der Waals surface area contributed by atoms with Gasteiger partial charge in [0.15, 0.2) is 0 Å². The molecule has 0 unspecified atom stereocenters. The van der Waals surface area contributed by atoms with E-state index in [4.69, 9.17) is 4.74 Å². The first-order valence-electron chi connectivity index (χ1n) is 9.66. The van der Waals surface area contributed by atoms with E-state index in [1.807, 2.05) is 62.4 Å². The molecule has 5 heteroatoms. The number of carbonyl (C=O) groups excluding carboxylic acids is 2. The first-order valence-corrected chi connectivity index (χ1v) is 9.66. The number of ether oxygens (including phenoxy) is 1. The first kappa shape index (κ1) is 21.5. The second kappa shape index (κ2) is 10.5. The van der Waals surface area contributed by atoms with Crippen LogP contribution in [0.1, 0.15) is 36.5 Å². The lowest BCUT2D eigenvalue weighted by atomic mass is 10.1. The Balaban J connectivity index is 1.94. The van der Waals surface area contributed by atoms with E-state index in [-0.39, 0.29) is 11.8 Å². The topological polar surface area (TPSA) is 58.6 Å². The summed E-state index contributed by atoms with van der Waals surface area (Å²) in [4.78, 5) is 26.6. The minimum Gasteiger partial charge on any atom is -0.494 e.